The Hall–Kier alpha value is -1.86. The van der Waals surface area contributed by atoms with Crippen LogP contribution in [0.1, 0.15) is 23.9 Å². The van der Waals surface area contributed by atoms with Crippen molar-refractivity contribution in [2.45, 2.75) is 19.6 Å². The Balaban J connectivity index is 1.91. The molecule has 116 valence electrons. The molecule has 22 heavy (non-hydrogen) atoms. The number of nitrogens with one attached hydrogen (secondary N) is 2. The van der Waals surface area contributed by atoms with Crippen molar-refractivity contribution in [2.75, 3.05) is 6.61 Å². The highest BCUT2D eigenvalue weighted by Crippen LogP contribution is 2.12. The Morgan fingerprint density at radius 1 is 1.41 bits per heavy atom. The van der Waals surface area contributed by atoms with E-state index in [-0.39, 0.29) is 0 Å². The van der Waals surface area contributed by atoms with E-state index in [9.17, 15) is 0 Å². The van der Waals surface area contributed by atoms with Crippen molar-refractivity contribution in [1.29, 1.82) is 0 Å². The molecule has 1 heterocycles. The van der Waals surface area contributed by atoms with E-state index in [0.29, 0.717) is 22.5 Å². The third-order valence-corrected chi connectivity index (χ3v) is 3.94. The van der Waals surface area contributed by atoms with Crippen LogP contribution in [-0.4, -0.2) is 27.0 Å². The minimum Gasteiger partial charge on any atom is -0.475 e. The second-order valence-electron chi connectivity index (χ2n) is 4.46. The van der Waals surface area contributed by atoms with E-state index in [2.05, 4.69) is 32.9 Å². The molecule has 5 nitrogen and oxygen atoms in total. The van der Waals surface area contributed by atoms with E-state index in [1.807, 2.05) is 38.1 Å². The first kappa shape index (κ1) is 16.5. The Kier molecular flexibility index (Phi) is 6.42. The van der Waals surface area contributed by atoms with Gasteiger partial charge in [-0.2, -0.15) is 5.10 Å². The summed E-state index contributed by atoms with van der Waals surface area (Å²) in [5, 5.41) is 11.2. The molecule has 0 fully saturated rings. The maximum Gasteiger partial charge on any atom is 0.259 e. The summed E-state index contributed by atoms with van der Waals surface area (Å²) < 4.78 is 6.08. The van der Waals surface area contributed by atoms with Gasteiger partial charge >= 0.3 is 0 Å². The molecule has 1 aromatic carbocycles. The Morgan fingerprint density at radius 3 is 2.82 bits per heavy atom. The van der Waals surface area contributed by atoms with E-state index >= 15 is 0 Å². The number of rotatable bonds is 5. The van der Waals surface area contributed by atoms with Crippen molar-refractivity contribution in [3.8, 4) is 0 Å². The first-order valence-corrected chi connectivity index (χ1v) is 8.28. The van der Waals surface area contributed by atoms with Gasteiger partial charge in [-0.1, -0.05) is 54.3 Å². The Morgan fingerprint density at radius 2 is 2.18 bits per heavy atom. The number of ether oxygens (including phenoxy) is 1. The van der Waals surface area contributed by atoms with E-state index in [1.54, 1.807) is 0 Å². The van der Waals surface area contributed by atoms with Crippen LogP contribution in [0.4, 0.5) is 0 Å². The summed E-state index contributed by atoms with van der Waals surface area (Å²) in [5.41, 5.74) is 5.67. The molecule has 0 unspecified atom stereocenters. The molecule has 0 aliphatic heterocycles. The Bertz CT molecular complexity index is 640. The number of thioether (sulfide) groups is 1. The van der Waals surface area contributed by atoms with Crippen LogP contribution in [0, 0.1) is 6.92 Å². The van der Waals surface area contributed by atoms with Gasteiger partial charge < -0.3 is 4.74 Å². The molecular formula is C15H18N4OS2. The van der Waals surface area contributed by atoms with Gasteiger partial charge in [0, 0.05) is 11.4 Å². The lowest BCUT2D eigenvalue weighted by Gasteiger charge is -2.06. The van der Waals surface area contributed by atoms with Gasteiger partial charge in [0.1, 0.15) is 5.69 Å². The van der Waals surface area contributed by atoms with Crippen molar-refractivity contribution in [1.82, 2.24) is 15.6 Å². The molecular weight excluding hydrogens is 316 g/mol. The van der Waals surface area contributed by atoms with Gasteiger partial charge in [-0.3, -0.25) is 10.5 Å². The van der Waals surface area contributed by atoms with Gasteiger partial charge in [-0.15, -0.1) is 5.10 Å². The number of hydrogen-bond acceptors (Lipinski definition) is 5. The normalized spacial score (nSPS) is 11.3. The molecule has 0 radical (unpaired) electrons. The molecule has 2 N–H and O–H groups in total. The van der Waals surface area contributed by atoms with E-state index in [0.717, 1.165) is 11.4 Å². The molecule has 0 atom stereocenters. The molecule has 0 saturated heterocycles. The first-order valence-electron chi connectivity index (χ1n) is 6.88. The third-order valence-electron chi connectivity index (χ3n) is 2.67. The summed E-state index contributed by atoms with van der Waals surface area (Å²) in [4.78, 5) is 0. The fraction of sp³-hybridized carbons (Fsp3) is 0.267. The minimum atomic E-state index is 0.425. The molecule has 0 spiro atoms. The fourth-order valence-corrected chi connectivity index (χ4v) is 2.50. The van der Waals surface area contributed by atoms with Gasteiger partial charge in [0.25, 0.3) is 5.90 Å². The number of hydrazone groups is 1. The lowest BCUT2D eigenvalue weighted by atomic mass is 10.2. The third kappa shape index (κ3) is 5.16. The van der Waals surface area contributed by atoms with Crippen LogP contribution in [0.3, 0.4) is 0 Å². The monoisotopic (exact) mass is 334 g/mol. The lowest BCUT2D eigenvalue weighted by molar-refractivity contribution is 0.325. The number of benzene rings is 1. The number of aromatic amines is 1. The van der Waals surface area contributed by atoms with Crippen LogP contribution < -0.4 is 5.43 Å². The van der Waals surface area contributed by atoms with Crippen LogP contribution >= 0.6 is 24.0 Å². The predicted octanol–water partition coefficient (Wildman–Crippen LogP) is 3.22. The van der Waals surface area contributed by atoms with Gasteiger partial charge in [0.2, 0.25) is 0 Å². The smallest absolute Gasteiger partial charge is 0.259 e. The zero-order chi connectivity index (χ0) is 15.8. The summed E-state index contributed by atoms with van der Waals surface area (Å²) in [6.07, 6.45) is 0. The first-order chi connectivity index (χ1) is 10.7. The van der Waals surface area contributed by atoms with Crippen molar-refractivity contribution >= 4 is 34.2 Å². The highest BCUT2D eigenvalue weighted by Gasteiger charge is 2.09. The topological polar surface area (TPSA) is 62.3 Å². The quantitative estimate of drug-likeness (QED) is 0.380. The summed E-state index contributed by atoms with van der Waals surface area (Å²) >= 11 is 6.79. The zero-order valence-corrected chi connectivity index (χ0v) is 14.1. The molecule has 1 aromatic heterocycles. The maximum atomic E-state index is 5.49. The van der Waals surface area contributed by atoms with Gasteiger partial charge in [0.05, 0.1) is 6.61 Å². The summed E-state index contributed by atoms with van der Waals surface area (Å²) in [5.74, 6) is 1.22. The second-order valence-corrected chi connectivity index (χ2v) is 6.11. The SMILES string of the molecule is CCO/C(=N\NC(=S)SCc1ccccc1)c1cc(C)[nH]n1. The van der Waals surface area contributed by atoms with Crippen LogP contribution in [0.5, 0.6) is 0 Å². The lowest BCUT2D eigenvalue weighted by Crippen LogP contribution is -2.17. The number of thiocarbonyl (C=S) groups is 1. The number of H-pyrrole nitrogens is 1. The van der Waals surface area contributed by atoms with Crippen LogP contribution in [-0.2, 0) is 10.5 Å². The predicted molar refractivity (Wildman–Crippen MR) is 95.0 cm³/mol. The van der Waals surface area contributed by atoms with E-state index in [4.69, 9.17) is 17.0 Å². The van der Waals surface area contributed by atoms with Gasteiger partial charge in [0.15, 0.2) is 4.32 Å². The summed E-state index contributed by atoms with van der Waals surface area (Å²) in [6.45, 7) is 4.34. The summed E-state index contributed by atoms with van der Waals surface area (Å²) in [6, 6.07) is 12.0. The average Bonchev–Trinajstić information content (AvgIpc) is 2.96. The van der Waals surface area contributed by atoms with Crippen LogP contribution in [0.25, 0.3) is 0 Å². The maximum absolute atomic E-state index is 5.49. The van der Waals surface area contributed by atoms with E-state index < -0.39 is 0 Å². The highest BCUT2D eigenvalue weighted by atomic mass is 32.2. The highest BCUT2D eigenvalue weighted by molar-refractivity contribution is 8.22. The molecule has 0 bridgehead atoms. The second kappa shape index (κ2) is 8.55. The fourth-order valence-electron chi connectivity index (χ4n) is 1.68. The molecule has 2 rings (SSSR count). The van der Waals surface area contributed by atoms with Crippen molar-refractivity contribution in [3.05, 3.63) is 53.3 Å². The van der Waals surface area contributed by atoms with E-state index in [1.165, 1.54) is 17.3 Å². The number of aromatic nitrogens is 2. The Labute approximate surface area is 139 Å². The van der Waals surface area contributed by atoms with Crippen LogP contribution in [0.15, 0.2) is 41.5 Å². The molecule has 0 amide bonds. The molecule has 0 saturated carbocycles. The standard InChI is InChI=1S/C15H18N4OS2/c1-3-20-14(13-9-11(2)16-17-13)18-19-15(21)22-10-12-7-5-4-6-8-12/h4-9H,3,10H2,1-2H3,(H,16,17)(H,19,21)/b18-14-. The van der Waals surface area contributed by atoms with Crippen LogP contribution in [0.2, 0.25) is 0 Å². The molecule has 0 aliphatic carbocycles. The number of hydrogen-bond donors (Lipinski definition) is 2. The molecule has 2 aromatic rings. The summed E-state index contributed by atoms with van der Waals surface area (Å²) in [7, 11) is 0. The minimum absolute atomic E-state index is 0.425. The average molecular weight is 334 g/mol. The van der Waals surface area contributed by atoms with Crippen molar-refractivity contribution in [3.63, 3.8) is 0 Å². The van der Waals surface area contributed by atoms with Crippen molar-refractivity contribution < 1.29 is 4.74 Å². The number of nitrogens with zero attached hydrogens (tertiary/aromatic N) is 2. The number of aryl methyl sites for hydroxylation is 1. The van der Waals surface area contributed by atoms with Gasteiger partial charge in [-0.05, 0) is 25.5 Å². The molecule has 7 heteroatoms. The molecule has 0 aliphatic rings. The largest absolute Gasteiger partial charge is 0.475 e. The zero-order valence-electron chi connectivity index (χ0n) is 12.5. The van der Waals surface area contributed by atoms with Crippen molar-refractivity contribution in [2.24, 2.45) is 5.10 Å². The van der Waals surface area contributed by atoms with Gasteiger partial charge in [-0.25, -0.2) is 0 Å².